The molecule has 0 spiro atoms. The second kappa shape index (κ2) is 6.95. The normalized spacial score (nSPS) is 10.6. The molecule has 0 radical (unpaired) electrons. The minimum absolute atomic E-state index is 0.0625. The van der Waals surface area contributed by atoms with Gasteiger partial charge in [0.05, 0.1) is 18.6 Å². The van der Waals surface area contributed by atoms with Crippen molar-refractivity contribution in [1.29, 1.82) is 0 Å². The second-order valence-corrected chi connectivity index (χ2v) is 5.98. The van der Waals surface area contributed by atoms with Gasteiger partial charge in [-0.3, -0.25) is 9.36 Å². The Morgan fingerprint density at radius 2 is 2.19 bits per heavy atom. The molecule has 0 saturated heterocycles. The van der Waals surface area contributed by atoms with E-state index >= 15 is 0 Å². The van der Waals surface area contributed by atoms with Crippen molar-refractivity contribution < 1.29 is 14.6 Å². The summed E-state index contributed by atoms with van der Waals surface area (Å²) in [5, 5.41) is 17.6. The third kappa shape index (κ3) is 3.76. The number of aromatic nitrogens is 3. The van der Waals surface area contributed by atoms with Gasteiger partial charge in [0.1, 0.15) is 11.6 Å². The lowest BCUT2D eigenvalue weighted by molar-refractivity contribution is -0.133. The molecule has 1 aromatic heterocycles. The maximum atomic E-state index is 10.7. The summed E-state index contributed by atoms with van der Waals surface area (Å²) < 4.78 is 7.97. The summed E-state index contributed by atoms with van der Waals surface area (Å²) in [5.74, 6) is 0.513. The fourth-order valence-corrected chi connectivity index (χ4v) is 2.95. The largest absolute Gasteiger partial charge is 0.497 e. The molecule has 2 rings (SSSR count). The molecule has 0 fully saturated rings. The van der Waals surface area contributed by atoms with Gasteiger partial charge in [0.15, 0.2) is 5.16 Å². The zero-order valence-corrected chi connectivity index (χ0v) is 13.9. The van der Waals surface area contributed by atoms with Crippen LogP contribution in [0.1, 0.15) is 12.7 Å². The van der Waals surface area contributed by atoms with Crippen LogP contribution in [0.25, 0.3) is 5.69 Å². The Kier molecular flexibility index (Phi) is 5.24. The first kappa shape index (κ1) is 15.8. The van der Waals surface area contributed by atoms with Crippen LogP contribution in [0.2, 0.25) is 0 Å². The predicted molar refractivity (Wildman–Crippen MR) is 83.3 cm³/mol. The van der Waals surface area contributed by atoms with E-state index in [1.54, 1.807) is 7.11 Å². The van der Waals surface area contributed by atoms with Gasteiger partial charge >= 0.3 is 5.97 Å². The van der Waals surface area contributed by atoms with Crippen LogP contribution in [0.3, 0.4) is 0 Å². The summed E-state index contributed by atoms with van der Waals surface area (Å²) in [5.41, 5.74) is 0.830. The van der Waals surface area contributed by atoms with Crippen LogP contribution in [-0.2, 0) is 11.2 Å². The number of rotatable bonds is 6. The van der Waals surface area contributed by atoms with Crippen molar-refractivity contribution in [1.82, 2.24) is 14.8 Å². The highest BCUT2D eigenvalue weighted by Crippen LogP contribution is 2.28. The highest BCUT2D eigenvalue weighted by molar-refractivity contribution is 9.10. The van der Waals surface area contributed by atoms with Gasteiger partial charge in [0.2, 0.25) is 0 Å². The number of methoxy groups -OCH3 is 1. The van der Waals surface area contributed by atoms with Crippen LogP contribution in [0, 0.1) is 0 Å². The van der Waals surface area contributed by atoms with E-state index in [1.165, 1.54) is 0 Å². The van der Waals surface area contributed by atoms with E-state index in [4.69, 9.17) is 9.84 Å². The zero-order valence-electron chi connectivity index (χ0n) is 11.5. The Hall–Kier alpha value is -1.54. The van der Waals surface area contributed by atoms with Crippen molar-refractivity contribution in [3.05, 3.63) is 28.5 Å². The van der Waals surface area contributed by atoms with E-state index in [0.717, 1.165) is 27.7 Å². The van der Waals surface area contributed by atoms with E-state index < -0.39 is 5.97 Å². The molecular weight excluding hydrogens is 358 g/mol. The number of aliphatic carboxylic acids is 1. The Morgan fingerprint density at radius 3 is 2.81 bits per heavy atom. The lowest BCUT2D eigenvalue weighted by Gasteiger charge is -2.11. The number of ether oxygens (including phenoxy) is 1. The summed E-state index contributed by atoms with van der Waals surface area (Å²) >= 11 is 4.58. The van der Waals surface area contributed by atoms with Gasteiger partial charge in [-0.05, 0) is 12.1 Å². The molecule has 2 aromatic rings. The molecule has 8 heteroatoms. The monoisotopic (exact) mass is 371 g/mol. The summed E-state index contributed by atoms with van der Waals surface area (Å²) in [6.45, 7) is 1.97. The molecule has 0 aliphatic rings. The molecule has 0 saturated carbocycles. The van der Waals surface area contributed by atoms with Crippen LogP contribution < -0.4 is 4.74 Å². The van der Waals surface area contributed by atoms with E-state index in [-0.39, 0.29) is 5.75 Å². The third-order valence-corrected chi connectivity index (χ3v) is 4.06. The molecule has 112 valence electrons. The topological polar surface area (TPSA) is 77.2 Å². The Morgan fingerprint density at radius 1 is 1.43 bits per heavy atom. The zero-order chi connectivity index (χ0) is 15.4. The van der Waals surface area contributed by atoms with E-state index in [2.05, 4.69) is 26.1 Å². The lowest BCUT2D eigenvalue weighted by Crippen LogP contribution is -2.04. The van der Waals surface area contributed by atoms with Crippen LogP contribution in [0.15, 0.2) is 27.8 Å². The molecule has 1 N–H and O–H groups in total. The number of halogens is 1. The van der Waals surface area contributed by atoms with Crippen LogP contribution in [0.5, 0.6) is 5.75 Å². The lowest BCUT2D eigenvalue weighted by atomic mass is 10.3. The standard InChI is InChI=1S/C13H14BrN3O3S/c1-3-11-15-16-13(21-7-12(18)19)17(11)9-4-8(14)5-10(6-9)20-2/h4-6H,3,7H2,1-2H3,(H,18,19). The van der Waals surface area contributed by atoms with Crippen molar-refractivity contribution in [3.8, 4) is 11.4 Å². The molecule has 0 bridgehead atoms. The molecule has 0 atom stereocenters. The Balaban J connectivity index is 2.48. The van der Waals surface area contributed by atoms with E-state index in [1.807, 2.05) is 29.7 Å². The van der Waals surface area contributed by atoms with Gasteiger partial charge in [-0.15, -0.1) is 10.2 Å². The van der Waals surface area contributed by atoms with Crippen LogP contribution in [-0.4, -0.2) is 38.7 Å². The van der Waals surface area contributed by atoms with Gasteiger partial charge in [0, 0.05) is 17.0 Å². The van der Waals surface area contributed by atoms with Crippen molar-refractivity contribution >= 4 is 33.7 Å². The molecule has 0 aliphatic carbocycles. The molecule has 0 unspecified atom stereocenters. The third-order valence-electron chi connectivity index (χ3n) is 2.69. The number of carboxylic acids is 1. The average molecular weight is 372 g/mol. The molecular formula is C13H14BrN3O3S. The number of carbonyl (C=O) groups is 1. The second-order valence-electron chi connectivity index (χ2n) is 4.12. The molecule has 0 amide bonds. The average Bonchev–Trinajstić information content (AvgIpc) is 2.87. The van der Waals surface area contributed by atoms with Crippen molar-refractivity contribution in [3.63, 3.8) is 0 Å². The number of nitrogens with zero attached hydrogens (tertiary/aromatic N) is 3. The summed E-state index contributed by atoms with van der Waals surface area (Å²) in [6, 6.07) is 5.62. The van der Waals surface area contributed by atoms with E-state index in [9.17, 15) is 4.79 Å². The summed E-state index contributed by atoms with van der Waals surface area (Å²) in [7, 11) is 1.60. The van der Waals surface area contributed by atoms with Crippen LogP contribution in [0.4, 0.5) is 0 Å². The van der Waals surface area contributed by atoms with E-state index in [0.29, 0.717) is 17.3 Å². The number of benzene rings is 1. The fourth-order valence-electron chi connectivity index (χ4n) is 1.80. The Labute approximate surface area is 134 Å². The summed E-state index contributed by atoms with van der Waals surface area (Å²) in [4.78, 5) is 10.7. The highest BCUT2D eigenvalue weighted by Gasteiger charge is 2.15. The minimum atomic E-state index is -0.889. The van der Waals surface area contributed by atoms with Crippen molar-refractivity contribution in [2.24, 2.45) is 0 Å². The van der Waals surface area contributed by atoms with Gasteiger partial charge in [0.25, 0.3) is 0 Å². The minimum Gasteiger partial charge on any atom is -0.497 e. The number of carboxylic acid groups (broad SMARTS) is 1. The van der Waals surface area contributed by atoms with Crippen LogP contribution >= 0.6 is 27.7 Å². The number of aryl methyl sites for hydroxylation is 1. The maximum absolute atomic E-state index is 10.7. The maximum Gasteiger partial charge on any atom is 0.313 e. The van der Waals surface area contributed by atoms with Gasteiger partial charge in [-0.25, -0.2) is 0 Å². The van der Waals surface area contributed by atoms with Crippen molar-refractivity contribution in [2.45, 2.75) is 18.5 Å². The van der Waals surface area contributed by atoms with Crippen molar-refractivity contribution in [2.75, 3.05) is 12.9 Å². The van der Waals surface area contributed by atoms with Gasteiger partial charge in [-0.2, -0.15) is 0 Å². The smallest absolute Gasteiger partial charge is 0.313 e. The fraction of sp³-hybridized carbons (Fsp3) is 0.308. The molecule has 1 heterocycles. The number of thioether (sulfide) groups is 1. The first-order valence-electron chi connectivity index (χ1n) is 6.19. The number of hydrogen-bond acceptors (Lipinski definition) is 5. The van der Waals surface area contributed by atoms with Gasteiger partial charge < -0.3 is 9.84 Å². The molecule has 0 aliphatic heterocycles. The Bertz CT molecular complexity index is 660. The predicted octanol–water partition coefficient (Wildman–Crippen LogP) is 2.78. The quantitative estimate of drug-likeness (QED) is 0.786. The number of hydrogen-bond donors (Lipinski definition) is 1. The van der Waals surface area contributed by atoms with Gasteiger partial charge in [-0.1, -0.05) is 34.6 Å². The highest BCUT2D eigenvalue weighted by atomic mass is 79.9. The molecule has 6 nitrogen and oxygen atoms in total. The first-order chi connectivity index (χ1) is 10.0. The SMILES string of the molecule is CCc1nnc(SCC(=O)O)n1-c1cc(Br)cc(OC)c1. The molecule has 21 heavy (non-hydrogen) atoms. The summed E-state index contributed by atoms with van der Waals surface area (Å²) in [6.07, 6.45) is 0.690. The molecule has 1 aromatic carbocycles. The first-order valence-corrected chi connectivity index (χ1v) is 7.96.